The summed E-state index contributed by atoms with van der Waals surface area (Å²) >= 11 is 0. The van der Waals surface area contributed by atoms with E-state index in [-0.39, 0.29) is 5.56 Å². The standard InChI is InChI=1S/C11H9N5O/c1-16-10-8(6-13-16)11(17)15-9(14-10)7-3-2-4-12-5-7/h2-6H,1H3,(H,14,15,17). The number of aromatic nitrogens is 5. The van der Waals surface area contributed by atoms with Gasteiger partial charge in [-0.15, -0.1) is 0 Å². The molecule has 0 saturated heterocycles. The molecule has 0 bridgehead atoms. The molecule has 0 saturated carbocycles. The minimum Gasteiger partial charge on any atom is -0.306 e. The Kier molecular flexibility index (Phi) is 2.01. The molecule has 0 aliphatic heterocycles. The Hall–Kier alpha value is -2.50. The van der Waals surface area contributed by atoms with Gasteiger partial charge in [-0.3, -0.25) is 14.5 Å². The topological polar surface area (TPSA) is 76.5 Å². The minimum atomic E-state index is -0.193. The lowest BCUT2D eigenvalue weighted by Crippen LogP contribution is -2.09. The van der Waals surface area contributed by atoms with E-state index in [1.165, 1.54) is 6.20 Å². The highest BCUT2D eigenvalue weighted by Crippen LogP contribution is 2.13. The van der Waals surface area contributed by atoms with Crippen LogP contribution in [0.4, 0.5) is 0 Å². The van der Waals surface area contributed by atoms with Crippen molar-refractivity contribution in [2.24, 2.45) is 7.05 Å². The molecule has 6 nitrogen and oxygen atoms in total. The van der Waals surface area contributed by atoms with Crippen LogP contribution >= 0.6 is 0 Å². The van der Waals surface area contributed by atoms with E-state index in [9.17, 15) is 4.79 Å². The first kappa shape index (κ1) is 9.71. The second-order valence-corrected chi connectivity index (χ2v) is 3.66. The fourth-order valence-corrected chi connectivity index (χ4v) is 1.67. The molecule has 0 aliphatic carbocycles. The number of aryl methyl sites for hydroxylation is 1. The van der Waals surface area contributed by atoms with Gasteiger partial charge >= 0.3 is 0 Å². The van der Waals surface area contributed by atoms with Crippen molar-refractivity contribution >= 4 is 11.0 Å². The highest BCUT2D eigenvalue weighted by Gasteiger charge is 2.08. The Morgan fingerprint density at radius 3 is 3.00 bits per heavy atom. The maximum Gasteiger partial charge on any atom is 0.262 e. The highest BCUT2D eigenvalue weighted by atomic mass is 16.1. The van der Waals surface area contributed by atoms with Gasteiger partial charge in [0.15, 0.2) is 5.65 Å². The molecule has 0 amide bonds. The lowest BCUT2D eigenvalue weighted by atomic mass is 10.2. The summed E-state index contributed by atoms with van der Waals surface area (Å²) in [6, 6.07) is 3.64. The molecule has 3 aromatic heterocycles. The van der Waals surface area contributed by atoms with Crippen LogP contribution < -0.4 is 5.56 Å². The van der Waals surface area contributed by atoms with E-state index < -0.39 is 0 Å². The van der Waals surface area contributed by atoms with E-state index in [4.69, 9.17) is 0 Å². The van der Waals surface area contributed by atoms with Crippen LogP contribution in [-0.4, -0.2) is 24.7 Å². The fraction of sp³-hybridized carbons (Fsp3) is 0.0909. The van der Waals surface area contributed by atoms with Gasteiger partial charge < -0.3 is 4.98 Å². The third kappa shape index (κ3) is 1.50. The molecule has 84 valence electrons. The quantitative estimate of drug-likeness (QED) is 0.664. The Morgan fingerprint density at radius 1 is 1.35 bits per heavy atom. The van der Waals surface area contributed by atoms with Crippen molar-refractivity contribution in [2.75, 3.05) is 0 Å². The van der Waals surface area contributed by atoms with Crippen molar-refractivity contribution in [3.8, 4) is 11.4 Å². The van der Waals surface area contributed by atoms with Crippen molar-refractivity contribution in [2.45, 2.75) is 0 Å². The predicted octanol–water partition coefficient (Wildman–Crippen LogP) is 0.719. The van der Waals surface area contributed by atoms with Gasteiger partial charge in [0.1, 0.15) is 11.2 Å². The van der Waals surface area contributed by atoms with Crippen LogP contribution in [0.1, 0.15) is 0 Å². The summed E-state index contributed by atoms with van der Waals surface area (Å²) in [6.45, 7) is 0. The predicted molar refractivity (Wildman–Crippen MR) is 62.4 cm³/mol. The Labute approximate surface area is 96.0 Å². The molecule has 0 radical (unpaired) electrons. The largest absolute Gasteiger partial charge is 0.306 e. The van der Waals surface area contributed by atoms with Crippen molar-refractivity contribution in [1.29, 1.82) is 0 Å². The van der Waals surface area contributed by atoms with Crippen molar-refractivity contribution in [3.05, 3.63) is 41.1 Å². The number of H-pyrrole nitrogens is 1. The summed E-state index contributed by atoms with van der Waals surface area (Å²) in [5, 5.41) is 4.50. The molecular weight excluding hydrogens is 218 g/mol. The van der Waals surface area contributed by atoms with E-state index in [0.717, 1.165) is 5.56 Å². The summed E-state index contributed by atoms with van der Waals surface area (Å²) in [5.41, 5.74) is 1.14. The summed E-state index contributed by atoms with van der Waals surface area (Å²) in [6.07, 6.45) is 4.83. The molecule has 3 rings (SSSR count). The molecule has 0 spiro atoms. The van der Waals surface area contributed by atoms with Gasteiger partial charge in [-0.1, -0.05) is 0 Å². The molecule has 6 heteroatoms. The average Bonchev–Trinajstić information content (AvgIpc) is 2.73. The maximum atomic E-state index is 11.8. The third-order valence-corrected chi connectivity index (χ3v) is 2.54. The van der Waals surface area contributed by atoms with Gasteiger partial charge in [-0.25, -0.2) is 4.98 Å². The molecule has 0 fully saturated rings. The summed E-state index contributed by atoms with van der Waals surface area (Å²) in [7, 11) is 1.75. The Bertz CT molecular complexity index is 728. The van der Waals surface area contributed by atoms with E-state index in [1.807, 2.05) is 6.07 Å². The van der Waals surface area contributed by atoms with E-state index >= 15 is 0 Å². The number of aromatic amines is 1. The van der Waals surface area contributed by atoms with Gasteiger partial charge in [0.2, 0.25) is 0 Å². The number of nitrogens with zero attached hydrogens (tertiary/aromatic N) is 4. The zero-order valence-electron chi connectivity index (χ0n) is 9.08. The third-order valence-electron chi connectivity index (χ3n) is 2.54. The van der Waals surface area contributed by atoms with Crippen LogP contribution in [0.2, 0.25) is 0 Å². The van der Waals surface area contributed by atoms with Gasteiger partial charge in [0.05, 0.1) is 6.20 Å². The molecule has 3 aromatic rings. The van der Waals surface area contributed by atoms with E-state index in [1.54, 1.807) is 30.2 Å². The van der Waals surface area contributed by atoms with Gasteiger partial charge in [0.25, 0.3) is 5.56 Å². The van der Waals surface area contributed by atoms with E-state index in [2.05, 4.69) is 20.1 Å². The summed E-state index contributed by atoms with van der Waals surface area (Å²) < 4.78 is 1.57. The van der Waals surface area contributed by atoms with Crippen molar-refractivity contribution in [3.63, 3.8) is 0 Å². The number of nitrogens with one attached hydrogen (secondary N) is 1. The average molecular weight is 227 g/mol. The maximum absolute atomic E-state index is 11.8. The summed E-state index contributed by atoms with van der Waals surface area (Å²) in [4.78, 5) is 22.9. The fourth-order valence-electron chi connectivity index (χ4n) is 1.67. The molecule has 3 heterocycles. The number of rotatable bonds is 1. The van der Waals surface area contributed by atoms with Gasteiger partial charge in [-0.05, 0) is 12.1 Å². The number of hydrogen-bond donors (Lipinski definition) is 1. The normalized spacial score (nSPS) is 10.9. The zero-order valence-corrected chi connectivity index (χ0v) is 9.08. The van der Waals surface area contributed by atoms with Crippen LogP contribution in [-0.2, 0) is 7.05 Å². The van der Waals surface area contributed by atoms with Crippen LogP contribution in [0, 0.1) is 0 Å². The molecular formula is C11H9N5O. The number of hydrogen-bond acceptors (Lipinski definition) is 4. The Balaban J connectivity index is 2.32. The van der Waals surface area contributed by atoms with Crippen LogP contribution in [0.3, 0.4) is 0 Å². The summed E-state index contributed by atoms with van der Waals surface area (Å²) in [5.74, 6) is 0.499. The second-order valence-electron chi connectivity index (χ2n) is 3.66. The zero-order chi connectivity index (χ0) is 11.8. The molecule has 1 N–H and O–H groups in total. The highest BCUT2D eigenvalue weighted by molar-refractivity contribution is 5.75. The molecule has 0 unspecified atom stereocenters. The minimum absolute atomic E-state index is 0.193. The Morgan fingerprint density at radius 2 is 2.24 bits per heavy atom. The lowest BCUT2D eigenvalue weighted by molar-refractivity contribution is 0.785. The molecule has 17 heavy (non-hydrogen) atoms. The first-order valence-corrected chi connectivity index (χ1v) is 5.08. The first-order chi connectivity index (χ1) is 8.25. The van der Waals surface area contributed by atoms with Gasteiger partial charge in [0, 0.05) is 25.0 Å². The molecule has 0 aliphatic rings. The monoisotopic (exact) mass is 227 g/mol. The van der Waals surface area contributed by atoms with Crippen LogP contribution in [0.25, 0.3) is 22.4 Å². The smallest absolute Gasteiger partial charge is 0.262 e. The lowest BCUT2D eigenvalue weighted by Gasteiger charge is -2.00. The van der Waals surface area contributed by atoms with Crippen LogP contribution in [0.15, 0.2) is 35.5 Å². The first-order valence-electron chi connectivity index (χ1n) is 5.08. The molecule has 0 atom stereocenters. The number of fused-ring (bicyclic) bond motifs is 1. The van der Waals surface area contributed by atoms with Gasteiger partial charge in [-0.2, -0.15) is 5.10 Å². The number of pyridine rings is 1. The second kappa shape index (κ2) is 3.51. The van der Waals surface area contributed by atoms with Crippen LogP contribution in [0.5, 0.6) is 0 Å². The SMILES string of the molecule is Cn1ncc2c(=O)[nH]c(-c3cccnc3)nc21. The molecule has 0 aromatic carbocycles. The van der Waals surface area contributed by atoms with E-state index in [0.29, 0.717) is 16.9 Å². The van der Waals surface area contributed by atoms with Crippen molar-refractivity contribution < 1.29 is 0 Å². The van der Waals surface area contributed by atoms with Crippen molar-refractivity contribution in [1.82, 2.24) is 24.7 Å².